The molecule has 0 spiro atoms. The van der Waals surface area contributed by atoms with E-state index in [1.54, 1.807) is 0 Å². The highest BCUT2D eigenvalue weighted by atomic mass is 16.7. The summed E-state index contributed by atoms with van der Waals surface area (Å²) in [6.45, 7) is 8.40. The molecule has 2 aromatic heterocycles. The van der Waals surface area contributed by atoms with E-state index in [1.165, 1.54) is 0 Å². The Kier molecular flexibility index (Phi) is 6.84. The molecular formula is C43H36BN3O2. The second-order valence-corrected chi connectivity index (χ2v) is 14.1. The average Bonchev–Trinajstić information content (AvgIpc) is 3.36. The fourth-order valence-corrected chi connectivity index (χ4v) is 7.27. The van der Waals surface area contributed by atoms with Gasteiger partial charge >= 0.3 is 7.12 Å². The number of nitrogens with zero attached hydrogens (tertiary/aromatic N) is 3. The highest BCUT2D eigenvalue weighted by molar-refractivity contribution is 6.66. The fourth-order valence-electron chi connectivity index (χ4n) is 7.27. The molecule has 9 rings (SSSR count). The largest absolute Gasteiger partial charge is 0.495 e. The van der Waals surface area contributed by atoms with Crippen molar-refractivity contribution < 1.29 is 9.31 Å². The molecule has 1 aliphatic heterocycles. The quantitative estimate of drug-likeness (QED) is 0.142. The Morgan fingerprint density at radius 3 is 2.08 bits per heavy atom. The number of pyridine rings is 1. The number of fused-ring (bicyclic) bond motifs is 6. The molecule has 238 valence electrons. The number of para-hydroxylation sites is 1. The third kappa shape index (κ3) is 4.81. The molecule has 2 aliphatic rings. The molecule has 5 aromatic carbocycles. The molecule has 0 N–H and O–H groups in total. The van der Waals surface area contributed by atoms with E-state index in [0.717, 1.165) is 95.6 Å². The van der Waals surface area contributed by atoms with Gasteiger partial charge < -0.3 is 9.31 Å². The summed E-state index contributed by atoms with van der Waals surface area (Å²) in [5, 5.41) is 5.30. The van der Waals surface area contributed by atoms with Crippen molar-refractivity contribution in [3.05, 3.63) is 127 Å². The van der Waals surface area contributed by atoms with Crippen LogP contribution in [-0.4, -0.2) is 33.3 Å². The van der Waals surface area contributed by atoms with Gasteiger partial charge in [-0.3, -0.25) is 0 Å². The van der Waals surface area contributed by atoms with Crippen LogP contribution < -0.4 is 5.46 Å². The Balaban J connectivity index is 1.48. The van der Waals surface area contributed by atoms with E-state index in [9.17, 15) is 0 Å². The highest BCUT2D eigenvalue weighted by Crippen LogP contribution is 2.42. The Hall–Kier alpha value is -5.17. The Labute approximate surface area is 286 Å². The smallest absolute Gasteiger partial charge is 0.399 e. The maximum absolute atomic E-state index is 6.80. The van der Waals surface area contributed by atoms with Crippen molar-refractivity contribution in [3.8, 4) is 22.5 Å². The molecule has 0 bridgehead atoms. The van der Waals surface area contributed by atoms with E-state index in [1.807, 2.05) is 6.07 Å². The Morgan fingerprint density at radius 1 is 0.612 bits per heavy atom. The van der Waals surface area contributed by atoms with Gasteiger partial charge in [-0.25, -0.2) is 15.0 Å². The number of hydrogen-bond acceptors (Lipinski definition) is 5. The predicted molar refractivity (Wildman–Crippen MR) is 203 cm³/mol. The number of rotatable bonds is 4. The summed E-state index contributed by atoms with van der Waals surface area (Å²) in [7, 11) is -0.617. The van der Waals surface area contributed by atoms with Crippen LogP contribution >= 0.6 is 0 Å². The summed E-state index contributed by atoms with van der Waals surface area (Å²) in [5.41, 5.74) is 8.13. The molecule has 3 heterocycles. The summed E-state index contributed by atoms with van der Waals surface area (Å²) in [4.78, 5) is 16.5. The molecule has 49 heavy (non-hydrogen) atoms. The summed E-state index contributed by atoms with van der Waals surface area (Å²) >= 11 is 0. The SMILES string of the molecule is CC1(C)OB(c2cc3nc(-c4ccccc4)c(C4=CCCC=C4)nc3c3c(-c4cccc5ccccc45)nc4ccccc4c23)OC1(C)C. The Morgan fingerprint density at radius 2 is 1.31 bits per heavy atom. The number of allylic oxidation sites excluding steroid dienone is 4. The van der Waals surface area contributed by atoms with E-state index in [-0.39, 0.29) is 0 Å². The van der Waals surface area contributed by atoms with Crippen LogP contribution in [0.25, 0.3) is 71.6 Å². The van der Waals surface area contributed by atoms with Crippen molar-refractivity contribution in [1.29, 1.82) is 0 Å². The zero-order chi connectivity index (χ0) is 33.3. The molecule has 1 aliphatic carbocycles. The first-order valence-electron chi connectivity index (χ1n) is 17.1. The molecular weight excluding hydrogens is 601 g/mol. The lowest BCUT2D eigenvalue weighted by molar-refractivity contribution is 0.00578. The van der Waals surface area contributed by atoms with Gasteiger partial charge in [-0.2, -0.15) is 0 Å². The Bertz CT molecular complexity index is 2500. The minimum absolute atomic E-state index is 0.523. The van der Waals surface area contributed by atoms with Crippen LogP contribution in [0.15, 0.2) is 121 Å². The molecule has 5 nitrogen and oxygen atoms in total. The number of aromatic nitrogens is 3. The van der Waals surface area contributed by atoms with E-state index >= 15 is 0 Å². The van der Waals surface area contributed by atoms with E-state index in [2.05, 4.69) is 143 Å². The van der Waals surface area contributed by atoms with E-state index in [4.69, 9.17) is 24.3 Å². The average molecular weight is 638 g/mol. The first-order chi connectivity index (χ1) is 23.8. The molecule has 0 atom stereocenters. The van der Waals surface area contributed by atoms with Gasteiger partial charge in [-0.15, -0.1) is 0 Å². The van der Waals surface area contributed by atoms with Crippen LogP contribution in [-0.2, 0) is 9.31 Å². The maximum Gasteiger partial charge on any atom is 0.495 e. The molecule has 0 radical (unpaired) electrons. The zero-order valence-electron chi connectivity index (χ0n) is 28.2. The van der Waals surface area contributed by atoms with Crippen molar-refractivity contribution in [2.75, 3.05) is 0 Å². The first kappa shape index (κ1) is 29.9. The van der Waals surface area contributed by atoms with Crippen molar-refractivity contribution in [3.63, 3.8) is 0 Å². The third-order valence-electron chi connectivity index (χ3n) is 10.5. The van der Waals surface area contributed by atoms with Gasteiger partial charge in [-0.1, -0.05) is 109 Å². The van der Waals surface area contributed by atoms with Gasteiger partial charge in [0.25, 0.3) is 0 Å². The minimum Gasteiger partial charge on any atom is -0.399 e. The van der Waals surface area contributed by atoms with Crippen molar-refractivity contribution in [2.24, 2.45) is 0 Å². The van der Waals surface area contributed by atoms with Gasteiger partial charge in [0.05, 0.1) is 44.8 Å². The van der Waals surface area contributed by atoms with E-state index < -0.39 is 18.3 Å². The lowest BCUT2D eigenvalue weighted by Gasteiger charge is -2.32. The standard InChI is InChI=1S/C43H36BN3O2/c1-42(2)43(3,4)49-44(48-42)33-26-35-41(47-39(29-19-9-6-10-20-29)38(46-35)28-17-7-5-8-18-28)37-36(33)32-23-13-14-25-34(32)45-40(37)31-24-15-21-27-16-11-12-22-30(27)31/h5,7-9,11-26H,6,10H2,1-4H3. The number of benzene rings is 5. The summed E-state index contributed by atoms with van der Waals surface area (Å²) in [6.07, 6.45) is 8.68. The van der Waals surface area contributed by atoms with Crippen LogP contribution in [0, 0.1) is 0 Å². The molecule has 0 unspecified atom stereocenters. The molecule has 1 saturated heterocycles. The summed E-state index contributed by atoms with van der Waals surface area (Å²) in [6, 6.07) is 35.8. The van der Waals surface area contributed by atoms with Crippen molar-refractivity contribution >= 4 is 61.6 Å². The molecule has 6 heteroatoms. The number of hydrogen-bond donors (Lipinski definition) is 0. The van der Waals surface area contributed by atoms with Gasteiger partial charge in [0, 0.05) is 21.9 Å². The second-order valence-electron chi connectivity index (χ2n) is 14.1. The van der Waals surface area contributed by atoms with Gasteiger partial charge in [0.15, 0.2) is 0 Å². The topological polar surface area (TPSA) is 57.1 Å². The predicted octanol–water partition coefficient (Wildman–Crippen LogP) is 9.85. The molecule has 0 saturated carbocycles. The van der Waals surface area contributed by atoms with Gasteiger partial charge in [0.1, 0.15) is 0 Å². The van der Waals surface area contributed by atoms with Crippen LogP contribution in [0.4, 0.5) is 0 Å². The van der Waals surface area contributed by atoms with E-state index in [0.29, 0.717) is 0 Å². The minimum atomic E-state index is -0.617. The lowest BCUT2D eigenvalue weighted by Crippen LogP contribution is -2.41. The second kappa shape index (κ2) is 11.2. The van der Waals surface area contributed by atoms with Crippen molar-refractivity contribution in [1.82, 2.24) is 15.0 Å². The fraction of sp³-hybridized carbons (Fsp3) is 0.186. The lowest BCUT2D eigenvalue weighted by atomic mass is 9.74. The van der Waals surface area contributed by atoms with Crippen molar-refractivity contribution in [2.45, 2.75) is 51.7 Å². The van der Waals surface area contributed by atoms with Crippen LogP contribution in [0.2, 0.25) is 0 Å². The zero-order valence-corrected chi connectivity index (χ0v) is 28.2. The van der Waals surface area contributed by atoms with Gasteiger partial charge in [0.2, 0.25) is 0 Å². The monoisotopic (exact) mass is 637 g/mol. The third-order valence-corrected chi connectivity index (χ3v) is 10.5. The maximum atomic E-state index is 6.80. The van der Waals surface area contributed by atoms with Crippen LogP contribution in [0.5, 0.6) is 0 Å². The van der Waals surface area contributed by atoms with Gasteiger partial charge in [-0.05, 0) is 79.9 Å². The summed E-state index contributed by atoms with van der Waals surface area (Å²) in [5.74, 6) is 0. The molecule has 0 amide bonds. The highest BCUT2D eigenvalue weighted by Gasteiger charge is 2.52. The normalized spacial score (nSPS) is 17.0. The summed E-state index contributed by atoms with van der Waals surface area (Å²) < 4.78 is 13.6. The first-order valence-corrected chi connectivity index (χ1v) is 17.1. The van der Waals surface area contributed by atoms with Crippen LogP contribution in [0.3, 0.4) is 0 Å². The molecule has 7 aromatic rings. The van der Waals surface area contributed by atoms with Crippen LogP contribution in [0.1, 0.15) is 46.2 Å². The molecule has 1 fully saturated rings.